The predicted octanol–water partition coefficient (Wildman–Crippen LogP) is 3.58. The fourth-order valence-electron chi connectivity index (χ4n) is 3.03. The average molecular weight is 302 g/mol. The van der Waals surface area contributed by atoms with E-state index in [0.717, 1.165) is 36.4 Å². The summed E-state index contributed by atoms with van der Waals surface area (Å²) in [5.74, 6) is 1.66. The van der Waals surface area contributed by atoms with Crippen molar-refractivity contribution in [2.75, 3.05) is 25.7 Å². The Morgan fingerprint density at radius 2 is 2.09 bits per heavy atom. The van der Waals surface area contributed by atoms with Crippen molar-refractivity contribution in [1.82, 2.24) is 4.98 Å². The summed E-state index contributed by atoms with van der Waals surface area (Å²) < 4.78 is 24.9. The molecule has 2 heterocycles. The van der Waals surface area contributed by atoms with Crippen molar-refractivity contribution in [3.8, 4) is 11.5 Å². The lowest BCUT2D eigenvalue weighted by Crippen LogP contribution is -2.25. The first-order chi connectivity index (χ1) is 10.7. The molecule has 3 rings (SSSR count). The van der Waals surface area contributed by atoms with E-state index < -0.39 is 0 Å². The van der Waals surface area contributed by atoms with Gasteiger partial charge in [0.1, 0.15) is 11.5 Å². The SMILES string of the molecule is COc1ccc(OC)c(C2CCCN2c2ncccc2F)c1. The van der Waals surface area contributed by atoms with Crippen LogP contribution in [0.5, 0.6) is 11.5 Å². The van der Waals surface area contributed by atoms with Crippen LogP contribution in [-0.2, 0) is 0 Å². The third kappa shape index (κ3) is 2.58. The molecule has 1 atom stereocenters. The normalized spacial score (nSPS) is 17.6. The molecule has 0 radical (unpaired) electrons. The van der Waals surface area contributed by atoms with Gasteiger partial charge in [-0.25, -0.2) is 9.37 Å². The van der Waals surface area contributed by atoms with E-state index in [4.69, 9.17) is 9.47 Å². The monoisotopic (exact) mass is 302 g/mol. The van der Waals surface area contributed by atoms with Gasteiger partial charge in [-0.1, -0.05) is 0 Å². The number of ether oxygens (including phenoxy) is 2. The Kier molecular flexibility index (Phi) is 4.13. The third-order valence-electron chi connectivity index (χ3n) is 4.06. The third-order valence-corrected chi connectivity index (χ3v) is 4.06. The van der Waals surface area contributed by atoms with Crippen molar-refractivity contribution in [3.63, 3.8) is 0 Å². The maximum absolute atomic E-state index is 14.1. The molecule has 1 aromatic heterocycles. The molecule has 0 bridgehead atoms. The highest BCUT2D eigenvalue weighted by Crippen LogP contribution is 2.41. The van der Waals surface area contributed by atoms with E-state index in [1.165, 1.54) is 6.07 Å². The Morgan fingerprint density at radius 1 is 1.23 bits per heavy atom. The van der Waals surface area contributed by atoms with Crippen molar-refractivity contribution < 1.29 is 13.9 Å². The number of benzene rings is 1. The minimum atomic E-state index is -0.295. The van der Waals surface area contributed by atoms with Crippen LogP contribution in [0.4, 0.5) is 10.2 Å². The van der Waals surface area contributed by atoms with E-state index in [-0.39, 0.29) is 11.9 Å². The van der Waals surface area contributed by atoms with Gasteiger partial charge in [0.2, 0.25) is 0 Å². The molecule has 5 heteroatoms. The standard InChI is InChI=1S/C17H19FN2O2/c1-21-12-7-8-16(22-2)13(11-12)15-6-4-10-20(15)17-14(18)5-3-9-19-17/h3,5,7-9,11,15H,4,6,10H2,1-2H3. The molecule has 0 aliphatic carbocycles. The van der Waals surface area contributed by atoms with Crippen LogP contribution in [0.15, 0.2) is 36.5 Å². The lowest BCUT2D eigenvalue weighted by molar-refractivity contribution is 0.395. The second kappa shape index (κ2) is 6.22. The Morgan fingerprint density at radius 3 is 2.82 bits per heavy atom. The highest BCUT2D eigenvalue weighted by molar-refractivity contribution is 5.50. The molecule has 1 unspecified atom stereocenters. The predicted molar refractivity (Wildman–Crippen MR) is 83.1 cm³/mol. The molecule has 1 aliphatic rings. The summed E-state index contributed by atoms with van der Waals surface area (Å²) in [5, 5.41) is 0. The van der Waals surface area contributed by atoms with Crippen LogP contribution in [-0.4, -0.2) is 25.7 Å². The van der Waals surface area contributed by atoms with Crippen molar-refractivity contribution in [1.29, 1.82) is 0 Å². The van der Waals surface area contributed by atoms with Crippen molar-refractivity contribution >= 4 is 5.82 Å². The zero-order valence-corrected chi connectivity index (χ0v) is 12.8. The zero-order valence-electron chi connectivity index (χ0n) is 12.8. The molecular weight excluding hydrogens is 283 g/mol. The van der Waals surface area contributed by atoms with Gasteiger partial charge in [-0.3, -0.25) is 0 Å². The van der Waals surface area contributed by atoms with Gasteiger partial charge in [-0.2, -0.15) is 0 Å². The zero-order chi connectivity index (χ0) is 15.5. The highest BCUT2D eigenvalue weighted by atomic mass is 19.1. The summed E-state index contributed by atoms with van der Waals surface area (Å²) in [7, 11) is 3.28. The minimum Gasteiger partial charge on any atom is -0.497 e. The first kappa shape index (κ1) is 14.6. The van der Waals surface area contributed by atoms with Crippen LogP contribution in [0.3, 0.4) is 0 Å². The summed E-state index contributed by atoms with van der Waals surface area (Å²) in [6.45, 7) is 0.777. The molecule has 0 amide bonds. The number of aromatic nitrogens is 1. The molecule has 2 aromatic rings. The topological polar surface area (TPSA) is 34.6 Å². The summed E-state index contributed by atoms with van der Waals surface area (Å²) in [5.41, 5.74) is 1.00. The van der Waals surface area contributed by atoms with E-state index in [9.17, 15) is 4.39 Å². The van der Waals surface area contributed by atoms with Gasteiger partial charge >= 0.3 is 0 Å². The molecule has 116 valence electrons. The van der Waals surface area contributed by atoms with Crippen molar-refractivity contribution in [2.24, 2.45) is 0 Å². The first-order valence-corrected chi connectivity index (χ1v) is 7.33. The molecule has 0 saturated carbocycles. The molecule has 4 nitrogen and oxygen atoms in total. The summed E-state index contributed by atoms with van der Waals surface area (Å²) >= 11 is 0. The number of anilines is 1. The molecular formula is C17H19FN2O2. The van der Waals surface area contributed by atoms with Crippen LogP contribution in [0.25, 0.3) is 0 Å². The van der Waals surface area contributed by atoms with Crippen LogP contribution >= 0.6 is 0 Å². The second-order valence-electron chi connectivity index (χ2n) is 5.27. The van der Waals surface area contributed by atoms with Gasteiger partial charge in [0.15, 0.2) is 11.6 Å². The summed E-state index contributed by atoms with van der Waals surface area (Å²) in [4.78, 5) is 6.22. The maximum atomic E-state index is 14.1. The van der Waals surface area contributed by atoms with E-state index in [1.807, 2.05) is 23.1 Å². The van der Waals surface area contributed by atoms with Gasteiger partial charge in [0.05, 0.1) is 20.3 Å². The molecule has 1 fully saturated rings. The summed E-state index contributed by atoms with van der Waals surface area (Å²) in [6.07, 6.45) is 3.54. The maximum Gasteiger partial charge on any atom is 0.165 e. The van der Waals surface area contributed by atoms with E-state index >= 15 is 0 Å². The molecule has 1 aromatic carbocycles. The molecule has 1 aliphatic heterocycles. The number of pyridine rings is 1. The first-order valence-electron chi connectivity index (χ1n) is 7.33. The number of halogens is 1. The molecule has 0 spiro atoms. The summed E-state index contributed by atoms with van der Waals surface area (Å²) in [6, 6.07) is 8.80. The molecule has 22 heavy (non-hydrogen) atoms. The smallest absolute Gasteiger partial charge is 0.165 e. The number of hydrogen-bond acceptors (Lipinski definition) is 4. The fourth-order valence-corrected chi connectivity index (χ4v) is 3.03. The largest absolute Gasteiger partial charge is 0.497 e. The van der Waals surface area contributed by atoms with Crippen molar-refractivity contribution in [3.05, 3.63) is 47.9 Å². The Bertz CT molecular complexity index is 663. The molecule has 1 saturated heterocycles. The number of nitrogens with zero attached hydrogens (tertiary/aromatic N) is 2. The van der Waals surface area contributed by atoms with Gasteiger partial charge in [0, 0.05) is 18.3 Å². The number of methoxy groups -OCH3 is 2. The Labute approximate surface area is 129 Å². The van der Waals surface area contributed by atoms with Crippen molar-refractivity contribution in [2.45, 2.75) is 18.9 Å². The van der Waals surface area contributed by atoms with Crippen LogP contribution in [0.1, 0.15) is 24.4 Å². The van der Waals surface area contributed by atoms with Gasteiger partial charge in [0.25, 0.3) is 0 Å². The fraction of sp³-hybridized carbons (Fsp3) is 0.353. The van der Waals surface area contributed by atoms with Gasteiger partial charge in [-0.05, 0) is 43.2 Å². The Hall–Kier alpha value is -2.30. The van der Waals surface area contributed by atoms with E-state index in [1.54, 1.807) is 26.5 Å². The van der Waals surface area contributed by atoms with Crippen LogP contribution < -0.4 is 14.4 Å². The van der Waals surface area contributed by atoms with Gasteiger partial charge in [-0.15, -0.1) is 0 Å². The number of rotatable bonds is 4. The van der Waals surface area contributed by atoms with Crippen LogP contribution in [0.2, 0.25) is 0 Å². The van der Waals surface area contributed by atoms with E-state index in [2.05, 4.69) is 4.98 Å². The lowest BCUT2D eigenvalue weighted by atomic mass is 10.0. The second-order valence-corrected chi connectivity index (χ2v) is 5.27. The minimum absolute atomic E-state index is 0.0365. The molecule has 0 N–H and O–H groups in total. The van der Waals surface area contributed by atoms with E-state index in [0.29, 0.717) is 5.82 Å². The van der Waals surface area contributed by atoms with Crippen LogP contribution in [0, 0.1) is 5.82 Å². The van der Waals surface area contributed by atoms with Gasteiger partial charge < -0.3 is 14.4 Å². The lowest BCUT2D eigenvalue weighted by Gasteiger charge is -2.27. The Balaban J connectivity index is 2.02. The quantitative estimate of drug-likeness (QED) is 0.864. The average Bonchev–Trinajstić information content (AvgIpc) is 3.03. The highest BCUT2D eigenvalue weighted by Gasteiger charge is 2.31. The number of hydrogen-bond donors (Lipinski definition) is 0.